The quantitative estimate of drug-likeness (QED) is 0.876. The predicted octanol–water partition coefficient (Wildman–Crippen LogP) is 2.69. The van der Waals surface area contributed by atoms with Crippen LogP contribution in [0.1, 0.15) is 37.4 Å². The first-order chi connectivity index (χ1) is 9.08. The second-order valence-electron chi connectivity index (χ2n) is 5.99. The first-order valence-electron chi connectivity index (χ1n) is 7.32. The molecule has 2 rings (SSSR count). The van der Waals surface area contributed by atoms with Crippen LogP contribution in [0.3, 0.4) is 0 Å². The lowest BCUT2D eigenvalue weighted by atomic mass is 9.93. The van der Waals surface area contributed by atoms with E-state index in [1.807, 2.05) is 13.0 Å². The van der Waals surface area contributed by atoms with Gasteiger partial charge in [0.25, 0.3) is 0 Å². The summed E-state index contributed by atoms with van der Waals surface area (Å²) in [5.41, 5.74) is 2.20. The first-order valence-corrected chi connectivity index (χ1v) is 7.32. The maximum absolute atomic E-state index is 10.3. The SMILES string of the molecule is Cc1ccc([C@H](CC(C)C)N2CCNCC2)c(O)c1. The van der Waals surface area contributed by atoms with Gasteiger partial charge in [-0.2, -0.15) is 0 Å². The first kappa shape index (κ1) is 14.4. The molecule has 1 saturated heterocycles. The summed E-state index contributed by atoms with van der Waals surface area (Å²) >= 11 is 0. The van der Waals surface area contributed by atoms with Crippen molar-refractivity contribution in [3.05, 3.63) is 29.3 Å². The Morgan fingerprint density at radius 2 is 1.95 bits per heavy atom. The van der Waals surface area contributed by atoms with Crippen LogP contribution in [-0.4, -0.2) is 36.2 Å². The third-order valence-electron chi connectivity index (χ3n) is 3.83. The number of piperazine rings is 1. The number of aromatic hydroxyl groups is 1. The molecule has 0 radical (unpaired) electrons. The summed E-state index contributed by atoms with van der Waals surface area (Å²) in [6, 6.07) is 6.41. The molecule has 0 unspecified atom stereocenters. The summed E-state index contributed by atoms with van der Waals surface area (Å²) in [5.74, 6) is 1.07. The molecule has 0 spiro atoms. The number of rotatable bonds is 4. The Bertz CT molecular complexity index is 411. The normalized spacial score (nSPS) is 18.7. The molecule has 0 bridgehead atoms. The maximum Gasteiger partial charge on any atom is 0.120 e. The molecule has 1 fully saturated rings. The van der Waals surface area contributed by atoms with Gasteiger partial charge in [-0.3, -0.25) is 4.90 Å². The van der Waals surface area contributed by atoms with Gasteiger partial charge in [-0.25, -0.2) is 0 Å². The van der Waals surface area contributed by atoms with Crippen LogP contribution in [0.2, 0.25) is 0 Å². The molecule has 3 heteroatoms. The number of phenolic OH excluding ortho intramolecular Hbond substituents is 1. The van der Waals surface area contributed by atoms with E-state index in [-0.39, 0.29) is 0 Å². The van der Waals surface area contributed by atoms with Crippen molar-refractivity contribution < 1.29 is 5.11 Å². The molecule has 3 nitrogen and oxygen atoms in total. The number of hydrogen-bond donors (Lipinski definition) is 2. The van der Waals surface area contributed by atoms with Crippen molar-refractivity contribution in [1.29, 1.82) is 0 Å². The Morgan fingerprint density at radius 3 is 2.53 bits per heavy atom. The highest BCUT2D eigenvalue weighted by molar-refractivity contribution is 5.38. The van der Waals surface area contributed by atoms with E-state index in [4.69, 9.17) is 0 Å². The van der Waals surface area contributed by atoms with E-state index in [1.165, 1.54) is 0 Å². The third kappa shape index (κ3) is 3.71. The Morgan fingerprint density at radius 1 is 1.26 bits per heavy atom. The molecule has 0 aromatic heterocycles. The molecule has 1 aromatic carbocycles. The Kier molecular flexibility index (Phi) is 4.83. The van der Waals surface area contributed by atoms with Crippen LogP contribution < -0.4 is 5.32 Å². The van der Waals surface area contributed by atoms with Crippen LogP contribution in [0.4, 0.5) is 0 Å². The van der Waals surface area contributed by atoms with Gasteiger partial charge in [0.05, 0.1) is 0 Å². The number of aryl methyl sites for hydroxylation is 1. The van der Waals surface area contributed by atoms with Gasteiger partial charge in [-0.1, -0.05) is 26.0 Å². The van der Waals surface area contributed by atoms with Gasteiger partial charge in [0, 0.05) is 37.8 Å². The zero-order valence-electron chi connectivity index (χ0n) is 12.3. The van der Waals surface area contributed by atoms with Crippen molar-refractivity contribution >= 4 is 0 Å². The Balaban J connectivity index is 2.25. The molecule has 2 N–H and O–H groups in total. The fourth-order valence-electron chi connectivity index (χ4n) is 2.85. The molecule has 1 aliphatic heterocycles. The van der Waals surface area contributed by atoms with Crippen molar-refractivity contribution in [1.82, 2.24) is 10.2 Å². The molecule has 19 heavy (non-hydrogen) atoms. The average Bonchev–Trinajstić information content (AvgIpc) is 2.37. The van der Waals surface area contributed by atoms with E-state index in [2.05, 4.69) is 36.2 Å². The molecule has 106 valence electrons. The molecule has 1 heterocycles. The number of nitrogens with one attached hydrogen (secondary N) is 1. The van der Waals surface area contributed by atoms with Gasteiger partial charge in [-0.15, -0.1) is 0 Å². The highest BCUT2D eigenvalue weighted by Crippen LogP contribution is 2.34. The fraction of sp³-hybridized carbons (Fsp3) is 0.625. The third-order valence-corrected chi connectivity index (χ3v) is 3.83. The number of benzene rings is 1. The van der Waals surface area contributed by atoms with Gasteiger partial charge >= 0.3 is 0 Å². The van der Waals surface area contributed by atoms with Crippen LogP contribution >= 0.6 is 0 Å². The minimum absolute atomic E-state index is 0.336. The second kappa shape index (κ2) is 6.40. The number of nitrogens with zero attached hydrogens (tertiary/aromatic N) is 1. The zero-order valence-corrected chi connectivity index (χ0v) is 12.3. The minimum Gasteiger partial charge on any atom is -0.508 e. The van der Waals surface area contributed by atoms with E-state index < -0.39 is 0 Å². The summed E-state index contributed by atoms with van der Waals surface area (Å²) in [6.45, 7) is 10.7. The average molecular weight is 262 g/mol. The van der Waals surface area contributed by atoms with Gasteiger partial charge in [-0.05, 0) is 30.9 Å². The summed E-state index contributed by atoms with van der Waals surface area (Å²) < 4.78 is 0. The van der Waals surface area contributed by atoms with Crippen LogP contribution in [0.25, 0.3) is 0 Å². The van der Waals surface area contributed by atoms with Crippen LogP contribution in [0.15, 0.2) is 18.2 Å². The molecule has 1 aromatic rings. The van der Waals surface area contributed by atoms with E-state index in [0.717, 1.165) is 43.7 Å². The molecule has 0 aliphatic carbocycles. The van der Waals surface area contributed by atoms with E-state index in [9.17, 15) is 5.11 Å². The summed E-state index contributed by atoms with van der Waals surface area (Å²) in [5, 5.41) is 13.7. The van der Waals surface area contributed by atoms with Gasteiger partial charge in [0.15, 0.2) is 0 Å². The van der Waals surface area contributed by atoms with Gasteiger partial charge < -0.3 is 10.4 Å². The Hall–Kier alpha value is -1.06. The lowest BCUT2D eigenvalue weighted by Gasteiger charge is -2.36. The lowest BCUT2D eigenvalue weighted by molar-refractivity contribution is 0.151. The van der Waals surface area contributed by atoms with Crippen LogP contribution in [0.5, 0.6) is 5.75 Å². The molecule has 0 amide bonds. The van der Waals surface area contributed by atoms with Crippen LogP contribution in [0, 0.1) is 12.8 Å². The van der Waals surface area contributed by atoms with Crippen molar-refractivity contribution in [2.24, 2.45) is 5.92 Å². The van der Waals surface area contributed by atoms with Crippen molar-refractivity contribution in [2.75, 3.05) is 26.2 Å². The smallest absolute Gasteiger partial charge is 0.120 e. The van der Waals surface area contributed by atoms with Crippen LogP contribution in [-0.2, 0) is 0 Å². The fourth-order valence-corrected chi connectivity index (χ4v) is 2.85. The van der Waals surface area contributed by atoms with Gasteiger partial charge in [0.1, 0.15) is 5.75 Å². The Labute approximate surface area is 116 Å². The predicted molar refractivity (Wildman–Crippen MR) is 79.5 cm³/mol. The summed E-state index contributed by atoms with van der Waals surface area (Å²) in [7, 11) is 0. The lowest BCUT2D eigenvalue weighted by Crippen LogP contribution is -2.45. The standard InChI is InChI=1S/C16H26N2O/c1-12(2)10-15(18-8-6-17-7-9-18)14-5-4-13(3)11-16(14)19/h4-5,11-12,15,17,19H,6-10H2,1-3H3/t15-/m0/s1. The number of hydrogen-bond acceptors (Lipinski definition) is 3. The second-order valence-corrected chi connectivity index (χ2v) is 5.99. The molecule has 1 aliphatic rings. The van der Waals surface area contributed by atoms with E-state index in [0.29, 0.717) is 17.7 Å². The maximum atomic E-state index is 10.3. The molecule has 0 saturated carbocycles. The highest BCUT2D eigenvalue weighted by Gasteiger charge is 2.25. The van der Waals surface area contributed by atoms with Crippen molar-refractivity contribution in [3.63, 3.8) is 0 Å². The summed E-state index contributed by atoms with van der Waals surface area (Å²) in [4.78, 5) is 2.50. The van der Waals surface area contributed by atoms with Gasteiger partial charge in [0.2, 0.25) is 0 Å². The zero-order chi connectivity index (χ0) is 13.8. The molecular weight excluding hydrogens is 236 g/mol. The van der Waals surface area contributed by atoms with Crippen molar-refractivity contribution in [2.45, 2.75) is 33.2 Å². The molecule has 1 atom stereocenters. The highest BCUT2D eigenvalue weighted by atomic mass is 16.3. The monoisotopic (exact) mass is 262 g/mol. The largest absolute Gasteiger partial charge is 0.508 e. The minimum atomic E-state index is 0.336. The van der Waals surface area contributed by atoms with E-state index >= 15 is 0 Å². The number of phenols is 1. The molecular formula is C16H26N2O. The topological polar surface area (TPSA) is 35.5 Å². The summed E-state index contributed by atoms with van der Waals surface area (Å²) in [6.07, 6.45) is 1.09. The van der Waals surface area contributed by atoms with E-state index in [1.54, 1.807) is 0 Å². The van der Waals surface area contributed by atoms with Crippen molar-refractivity contribution in [3.8, 4) is 5.75 Å².